The lowest BCUT2D eigenvalue weighted by Gasteiger charge is -2.35. The smallest absolute Gasteiger partial charge is 0.268 e. The number of phosphoric acid groups is 3. The summed E-state index contributed by atoms with van der Waals surface area (Å²) in [4.78, 5) is 75.3. The van der Waals surface area contributed by atoms with Gasteiger partial charge in [-0.25, -0.2) is 4.89 Å². The normalized spacial score (nSPS) is 15.5. The lowest BCUT2D eigenvalue weighted by Crippen LogP contribution is -2.26. The van der Waals surface area contributed by atoms with Crippen molar-refractivity contribution in [1.29, 1.82) is 0 Å². The molecule has 0 saturated carbocycles. The molecule has 0 aromatic heterocycles. The highest BCUT2D eigenvalue weighted by Crippen LogP contribution is 2.48. The summed E-state index contributed by atoms with van der Waals surface area (Å²) >= 11 is 0. The van der Waals surface area contributed by atoms with E-state index in [0.717, 1.165) is 0 Å². The molecule has 0 aromatic carbocycles. The molecular formula is C62H130O25P5-5. The Bertz CT molecular complexity index is 2000. The lowest BCUT2D eigenvalue weighted by atomic mass is 9.93. The fourth-order valence-corrected chi connectivity index (χ4v) is 11.8. The van der Waals surface area contributed by atoms with Gasteiger partial charge in [-0.05, 0) is 155 Å². The van der Waals surface area contributed by atoms with Gasteiger partial charge in [-0.3, -0.25) is 13.7 Å². The van der Waals surface area contributed by atoms with Crippen molar-refractivity contribution < 1.29 is 118 Å². The van der Waals surface area contributed by atoms with Crippen LogP contribution in [0.2, 0.25) is 0 Å². The molecule has 0 aliphatic heterocycles. The molecule has 0 aromatic rings. The molecule has 5 unspecified atom stereocenters. The molecule has 0 N–H and O–H groups in total. The van der Waals surface area contributed by atoms with Crippen molar-refractivity contribution in [3.63, 3.8) is 0 Å². The van der Waals surface area contributed by atoms with Crippen LogP contribution in [0.5, 0.6) is 0 Å². The third-order valence-corrected chi connectivity index (χ3v) is 14.8. The van der Waals surface area contributed by atoms with Crippen LogP contribution in [0.3, 0.4) is 0 Å². The minimum absolute atomic E-state index is 0.00880. The highest BCUT2D eigenvalue weighted by molar-refractivity contribution is 7.51. The first-order valence-electron chi connectivity index (χ1n) is 29.0. The van der Waals surface area contributed by atoms with E-state index in [9.17, 15) is 47.3 Å². The summed E-state index contributed by atoms with van der Waals surface area (Å²) in [6.07, 6.45) is 7.05. The number of rotatable bonds is 25. The van der Waals surface area contributed by atoms with E-state index in [4.69, 9.17) is 36.9 Å². The van der Waals surface area contributed by atoms with Crippen LogP contribution in [0.25, 0.3) is 0 Å². The van der Waals surface area contributed by atoms with Crippen LogP contribution in [0.15, 0.2) is 90.5 Å². The quantitative estimate of drug-likeness (QED) is 0.0205. The summed E-state index contributed by atoms with van der Waals surface area (Å²) in [6.45, 7) is 83.7. The maximum atomic E-state index is 11.5. The fraction of sp³-hybridized carbons (Fsp3) is 0.774. The van der Waals surface area contributed by atoms with E-state index in [1.54, 1.807) is 110 Å². The maximum absolute atomic E-state index is 11.5. The molecule has 0 rings (SSSR count). The predicted octanol–water partition coefficient (Wildman–Crippen LogP) is 16.9. The predicted molar refractivity (Wildman–Crippen MR) is 364 cm³/mol. The molecule has 558 valence electrons. The van der Waals surface area contributed by atoms with Crippen LogP contribution in [-0.2, 0) is 93.7 Å². The molecule has 0 amide bonds. The van der Waals surface area contributed by atoms with Gasteiger partial charge in [-0.1, -0.05) is 104 Å². The van der Waals surface area contributed by atoms with E-state index in [-0.39, 0.29) is 72.4 Å². The molecule has 0 heterocycles. The summed E-state index contributed by atoms with van der Waals surface area (Å²) in [5, 5.41) is 12.2. The minimum atomic E-state index is -4.39. The molecule has 0 aliphatic carbocycles. The van der Waals surface area contributed by atoms with E-state index in [1.165, 1.54) is 12.5 Å². The Morgan fingerprint density at radius 3 is 0.793 bits per heavy atom. The van der Waals surface area contributed by atoms with Crippen molar-refractivity contribution in [2.24, 2.45) is 27.1 Å². The van der Waals surface area contributed by atoms with E-state index >= 15 is 0 Å². The van der Waals surface area contributed by atoms with Gasteiger partial charge in [-0.15, -0.1) is 65.8 Å². The molecule has 0 aliphatic rings. The monoisotopic (exact) mass is 1430 g/mol. The summed E-state index contributed by atoms with van der Waals surface area (Å²) in [5.74, 6) is 0. The second kappa shape index (κ2) is 52.3. The van der Waals surface area contributed by atoms with Gasteiger partial charge in [0.2, 0.25) is 0 Å². The number of hydrogen-bond acceptors (Lipinski definition) is 25. The average molecular weight is 1430 g/mol. The first kappa shape index (κ1) is 112. The molecule has 0 saturated heterocycles. The Hall–Kier alpha value is -1.79. The number of allylic oxidation sites excluding steroid dienone is 2. The van der Waals surface area contributed by atoms with Gasteiger partial charge in [0, 0.05) is 22.4 Å². The molecule has 25 nitrogen and oxygen atoms in total. The SMILES string of the molecule is C=C.C=C.C=C.C=C.C=C.CC(C)(C)/C=C/OOOOOCCOP(=O)([O-])OC(C)(C)C.CC(C)(C)/C=C\OOCCOP(=O)([O-])OC(C)(C)C.CC(C)(C)CCOP(=O)([O-])OC(C)(C)C.CC(C)(C)CP(=O)([O-])OC(C)(C)C.CC(C)(C)CP(=O)([O-])OC(C)(C)C. The van der Waals surface area contributed by atoms with Crippen LogP contribution in [0.1, 0.15) is 214 Å². The zero-order valence-corrected chi connectivity index (χ0v) is 67.0. The van der Waals surface area contributed by atoms with Crippen LogP contribution < -0.4 is 24.5 Å². The highest BCUT2D eigenvalue weighted by Gasteiger charge is 2.27. The van der Waals surface area contributed by atoms with Crippen LogP contribution >= 0.6 is 38.7 Å². The highest BCUT2D eigenvalue weighted by atomic mass is 31.2. The summed E-state index contributed by atoms with van der Waals surface area (Å²) in [5.41, 5.74) is -4.19. The average Bonchev–Trinajstić information content (AvgIpc) is 3.42. The zero-order valence-electron chi connectivity index (χ0n) is 62.5. The summed E-state index contributed by atoms with van der Waals surface area (Å²) in [6, 6.07) is 0. The topological polar surface area (TPSA) is 339 Å². The first-order valence-corrected chi connectivity index (χ1v) is 36.8. The van der Waals surface area contributed by atoms with Gasteiger partial charge in [0.1, 0.15) is 40.9 Å². The van der Waals surface area contributed by atoms with Gasteiger partial charge >= 0.3 is 0 Å². The molecule has 30 heteroatoms. The third kappa shape index (κ3) is 119. The molecule has 0 bridgehead atoms. The van der Waals surface area contributed by atoms with Crippen molar-refractivity contribution in [3.8, 4) is 0 Å². The van der Waals surface area contributed by atoms with E-state index in [2.05, 4.69) is 99.7 Å². The number of hydrogen-bond donors (Lipinski definition) is 0. The van der Waals surface area contributed by atoms with Crippen LogP contribution in [0.4, 0.5) is 0 Å². The largest absolute Gasteiger partial charge is 0.778 e. The Kier molecular flexibility index (Phi) is 63.4. The summed E-state index contributed by atoms with van der Waals surface area (Å²) < 4.78 is 95.1. The molecule has 5 atom stereocenters. The molecule has 0 spiro atoms. The van der Waals surface area contributed by atoms with Gasteiger partial charge in [0.15, 0.2) is 0 Å². The fourth-order valence-electron chi connectivity index (χ4n) is 4.63. The van der Waals surface area contributed by atoms with Crippen LogP contribution in [-0.4, -0.2) is 73.4 Å². The van der Waals surface area contributed by atoms with Gasteiger partial charge < -0.3 is 79.6 Å². The van der Waals surface area contributed by atoms with Crippen molar-refractivity contribution in [1.82, 2.24) is 0 Å². The molecule has 92 heavy (non-hydrogen) atoms. The summed E-state index contributed by atoms with van der Waals surface area (Å²) in [7, 11) is -20.2. The minimum Gasteiger partial charge on any atom is -0.778 e. The maximum Gasteiger partial charge on any atom is 0.268 e. The van der Waals surface area contributed by atoms with Crippen molar-refractivity contribution >= 4 is 38.7 Å². The van der Waals surface area contributed by atoms with E-state index in [1.807, 2.05) is 110 Å². The Morgan fingerprint density at radius 2 is 0.554 bits per heavy atom. The second-order valence-corrected chi connectivity index (χ2v) is 36.7. The third-order valence-electron chi connectivity index (χ3n) is 6.71. The van der Waals surface area contributed by atoms with Crippen molar-refractivity contribution in [2.45, 2.75) is 242 Å². The molecular weight excluding hydrogens is 1300 g/mol. The Labute approximate surface area is 559 Å². The van der Waals surface area contributed by atoms with Crippen molar-refractivity contribution in [2.75, 3.05) is 45.4 Å². The Morgan fingerprint density at radius 1 is 0.304 bits per heavy atom. The second-order valence-electron chi connectivity index (χ2n) is 29.2. The molecule has 0 radical (unpaired) electrons. The van der Waals surface area contributed by atoms with E-state index in [0.29, 0.717) is 6.42 Å². The number of phosphoric ester groups is 3. The van der Waals surface area contributed by atoms with Gasteiger partial charge in [0.05, 0.1) is 47.8 Å². The molecule has 0 fully saturated rings. The lowest BCUT2D eigenvalue weighted by molar-refractivity contribution is -0.700. The van der Waals surface area contributed by atoms with Crippen LogP contribution in [0, 0.1) is 27.1 Å². The van der Waals surface area contributed by atoms with Gasteiger partial charge in [0.25, 0.3) is 23.5 Å². The standard InChI is InChI=1S/C12H25O9P.C12H25O6P.C10H23O4P.2C9H21O3P.5C2H4/c1-11(2,3)7-8-15-19-21-20-16-9-10-17-22(13,14)18-12(4,5)6;1-11(2,3)7-8-15-16-9-10-17-19(13,14)18-12(4,5)6;1-9(2,3)7-8-13-15(11,12)14-10(4,5)6;2*1-8(2,3)7-13(10,11)12-9(4,5)6;5*1-2/h7-8H,9-10H2,1-6H3,(H,13,14);7-8H,9-10H2,1-6H3,(H,13,14);7-8H2,1-6H3,(H,11,12);2*7H2,1-6H3,(H,10,11);5*1-2H2/p-5/b8-7+;8-7-;;;;;;;;. The van der Waals surface area contributed by atoms with Gasteiger partial charge in [-0.2, -0.15) is 4.89 Å². The van der Waals surface area contributed by atoms with Crippen molar-refractivity contribution in [3.05, 3.63) is 90.5 Å². The van der Waals surface area contributed by atoms with E-state index < -0.39 is 66.7 Å². The first-order chi connectivity index (χ1) is 40.6. The zero-order chi connectivity index (χ0) is 76.6. The Balaban J connectivity index is -0.000000111.